The molecule has 1 aromatic rings. The molecule has 0 N–H and O–H groups in total. The summed E-state index contributed by atoms with van der Waals surface area (Å²) < 4.78 is 0.676. The van der Waals surface area contributed by atoms with Crippen molar-refractivity contribution >= 4 is 5.69 Å². The zero-order valence-electron chi connectivity index (χ0n) is 5.98. The lowest BCUT2D eigenvalue weighted by molar-refractivity contribution is -0.608. The molecule has 0 radical (unpaired) electrons. The molecule has 0 aliphatic rings. The van der Waals surface area contributed by atoms with E-state index in [1.165, 1.54) is 12.5 Å². The van der Waals surface area contributed by atoms with E-state index in [2.05, 4.69) is 4.98 Å². The van der Waals surface area contributed by atoms with Gasteiger partial charge in [0.25, 0.3) is 6.33 Å². The Hall–Kier alpha value is -1.32. The van der Waals surface area contributed by atoms with Gasteiger partial charge >= 0.3 is 0 Å². The van der Waals surface area contributed by atoms with Crippen molar-refractivity contribution in [2.75, 3.05) is 19.0 Å². The largest absolute Gasteiger partial charge is 0.711 e. The summed E-state index contributed by atoms with van der Waals surface area (Å²) in [5.41, 5.74) is 0.803. The van der Waals surface area contributed by atoms with Gasteiger partial charge in [0.1, 0.15) is 11.9 Å². The summed E-state index contributed by atoms with van der Waals surface area (Å²) >= 11 is 0. The summed E-state index contributed by atoms with van der Waals surface area (Å²) in [6, 6.07) is 0. The lowest BCUT2D eigenvalue weighted by Gasteiger charge is -2.09. The highest BCUT2D eigenvalue weighted by Crippen LogP contribution is 2.02. The molecule has 0 aromatic carbocycles. The van der Waals surface area contributed by atoms with Gasteiger partial charge in [-0.3, -0.25) is 0 Å². The molecule has 0 saturated carbocycles. The summed E-state index contributed by atoms with van der Waals surface area (Å²) in [5.74, 6) is 0. The minimum absolute atomic E-state index is 0.676. The van der Waals surface area contributed by atoms with E-state index in [0.29, 0.717) is 4.73 Å². The van der Waals surface area contributed by atoms with Crippen LogP contribution in [0.25, 0.3) is 0 Å². The van der Waals surface area contributed by atoms with Gasteiger partial charge in [-0.1, -0.05) is 4.98 Å². The first-order valence-electron chi connectivity index (χ1n) is 2.91. The highest BCUT2D eigenvalue weighted by molar-refractivity contribution is 5.37. The molecule has 0 aliphatic heterocycles. The van der Waals surface area contributed by atoms with Crippen LogP contribution in [0.15, 0.2) is 18.7 Å². The van der Waals surface area contributed by atoms with Crippen LogP contribution in [0.3, 0.4) is 0 Å². The highest BCUT2D eigenvalue weighted by atomic mass is 16.5. The summed E-state index contributed by atoms with van der Waals surface area (Å²) in [5, 5.41) is 10.6. The maximum absolute atomic E-state index is 10.6. The third-order valence-electron chi connectivity index (χ3n) is 1.16. The zero-order chi connectivity index (χ0) is 7.56. The van der Waals surface area contributed by atoms with Gasteiger partial charge in [0.05, 0.1) is 0 Å². The van der Waals surface area contributed by atoms with Crippen molar-refractivity contribution in [3.05, 3.63) is 23.9 Å². The molecule has 0 fully saturated rings. The van der Waals surface area contributed by atoms with Gasteiger partial charge in [-0.05, 0) is 0 Å². The first-order chi connectivity index (χ1) is 4.70. The standard InChI is InChI=1S/C6H9N3O/c1-8(2)6-3-7-5-9(10)4-6/h3-5H,1-2H3. The van der Waals surface area contributed by atoms with Crippen LogP contribution < -0.4 is 9.63 Å². The van der Waals surface area contributed by atoms with Gasteiger partial charge in [-0.2, -0.15) is 0 Å². The Morgan fingerprint density at radius 2 is 2.30 bits per heavy atom. The average molecular weight is 139 g/mol. The Morgan fingerprint density at radius 3 is 2.70 bits per heavy atom. The maximum Gasteiger partial charge on any atom is 0.289 e. The second kappa shape index (κ2) is 2.51. The number of hydrogen-bond acceptors (Lipinski definition) is 3. The van der Waals surface area contributed by atoms with Crippen LogP contribution in [0.5, 0.6) is 0 Å². The Balaban J connectivity index is 2.96. The Kier molecular flexibility index (Phi) is 1.71. The minimum atomic E-state index is 0.676. The molecule has 0 amide bonds. The van der Waals surface area contributed by atoms with Crippen LogP contribution in [0, 0.1) is 5.21 Å². The van der Waals surface area contributed by atoms with E-state index >= 15 is 0 Å². The highest BCUT2D eigenvalue weighted by Gasteiger charge is 1.97. The van der Waals surface area contributed by atoms with Crippen molar-refractivity contribution < 1.29 is 4.73 Å². The SMILES string of the molecule is CN(C)c1cnc[n+]([O-])c1. The summed E-state index contributed by atoms with van der Waals surface area (Å²) in [4.78, 5) is 5.54. The van der Waals surface area contributed by atoms with Crippen LogP contribution in [0.1, 0.15) is 0 Å². The van der Waals surface area contributed by atoms with Crippen LogP contribution in [0.2, 0.25) is 0 Å². The van der Waals surface area contributed by atoms with E-state index < -0.39 is 0 Å². The van der Waals surface area contributed by atoms with Crippen molar-refractivity contribution in [1.29, 1.82) is 0 Å². The third-order valence-corrected chi connectivity index (χ3v) is 1.16. The normalized spacial score (nSPS) is 9.40. The van der Waals surface area contributed by atoms with E-state index in [9.17, 15) is 5.21 Å². The van der Waals surface area contributed by atoms with Crippen molar-refractivity contribution in [2.24, 2.45) is 0 Å². The molecule has 1 aromatic heterocycles. The molecule has 4 nitrogen and oxygen atoms in total. The van der Waals surface area contributed by atoms with Gasteiger partial charge in [-0.25, -0.2) is 4.73 Å². The van der Waals surface area contributed by atoms with Crippen LogP contribution in [-0.2, 0) is 0 Å². The van der Waals surface area contributed by atoms with E-state index in [0.717, 1.165) is 5.69 Å². The van der Waals surface area contributed by atoms with Gasteiger partial charge in [0.15, 0.2) is 6.20 Å². The van der Waals surface area contributed by atoms with Gasteiger partial charge in [0, 0.05) is 14.1 Å². The molecule has 0 spiro atoms. The smallest absolute Gasteiger partial charge is 0.289 e. The molecule has 54 valence electrons. The van der Waals surface area contributed by atoms with E-state index in [4.69, 9.17) is 0 Å². The lowest BCUT2D eigenvalue weighted by Crippen LogP contribution is -2.27. The van der Waals surface area contributed by atoms with Crippen molar-refractivity contribution in [1.82, 2.24) is 4.98 Å². The Morgan fingerprint density at radius 1 is 1.60 bits per heavy atom. The second-order valence-corrected chi connectivity index (χ2v) is 2.20. The Labute approximate surface area is 59.3 Å². The molecule has 0 unspecified atom stereocenters. The summed E-state index contributed by atoms with van der Waals surface area (Å²) in [7, 11) is 3.72. The number of hydrogen-bond donors (Lipinski definition) is 0. The molecule has 10 heavy (non-hydrogen) atoms. The predicted molar refractivity (Wildman–Crippen MR) is 37.5 cm³/mol. The fraction of sp³-hybridized carbons (Fsp3) is 0.333. The third kappa shape index (κ3) is 1.34. The molecule has 0 saturated heterocycles. The fourth-order valence-corrected chi connectivity index (χ4v) is 0.603. The molecular weight excluding hydrogens is 130 g/mol. The van der Waals surface area contributed by atoms with Crippen LogP contribution in [-0.4, -0.2) is 19.1 Å². The van der Waals surface area contributed by atoms with E-state index in [1.54, 1.807) is 6.20 Å². The molecule has 0 atom stereocenters. The van der Waals surface area contributed by atoms with Crippen molar-refractivity contribution in [2.45, 2.75) is 0 Å². The van der Waals surface area contributed by atoms with E-state index in [-0.39, 0.29) is 0 Å². The van der Waals surface area contributed by atoms with Crippen molar-refractivity contribution in [3.63, 3.8) is 0 Å². The minimum Gasteiger partial charge on any atom is -0.711 e. The fourth-order valence-electron chi connectivity index (χ4n) is 0.603. The first kappa shape index (κ1) is 6.80. The molecule has 4 heteroatoms. The summed E-state index contributed by atoms with van der Waals surface area (Å²) in [6.07, 6.45) is 4.31. The average Bonchev–Trinajstić information content (AvgIpc) is 1.88. The molecule has 1 rings (SSSR count). The molecule has 1 heterocycles. The topological polar surface area (TPSA) is 43.1 Å². The summed E-state index contributed by atoms with van der Waals surface area (Å²) in [6.45, 7) is 0. The quantitative estimate of drug-likeness (QED) is 0.399. The zero-order valence-corrected chi connectivity index (χ0v) is 5.98. The predicted octanol–water partition coefficient (Wildman–Crippen LogP) is -0.219. The monoisotopic (exact) mass is 139 g/mol. The number of anilines is 1. The number of aromatic nitrogens is 2. The number of rotatable bonds is 1. The van der Waals surface area contributed by atoms with Crippen LogP contribution >= 0.6 is 0 Å². The molecule has 0 bridgehead atoms. The number of nitrogens with zero attached hydrogens (tertiary/aromatic N) is 3. The van der Waals surface area contributed by atoms with Gasteiger partial charge < -0.3 is 10.1 Å². The second-order valence-electron chi connectivity index (χ2n) is 2.20. The molecular formula is C6H9N3O. The maximum atomic E-state index is 10.6. The van der Waals surface area contributed by atoms with Gasteiger partial charge in [-0.15, -0.1) is 0 Å². The van der Waals surface area contributed by atoms with Crippen molar-refractivity contribution in [3.8, 4) is 0 Å². The van der Waals surface area contributed by atoms with Gasteiger partial charge in [0.2, 0.25) is 0 Å². The Bertz CT molecular complexity index is 224. The van der Waals surface area contributed by atoms with E-state index in [1.807, 2.05) is 19.0 Å². The molecule has 0 aliphatic carbocycles. The van der Waals surface area contributed by atoms with Crippen LogP contribution in [0.4, 0.5) is 5.69 Å². The first-order valence-corrected chi connectivity index (χ1v) is 2.91. The lowest BCUT2D eigenvalue weighted by atomic mass is 10.5.